The lowest BCUT2D eigenvalue weighted by atomic mass is 10.2. The van der Waals surface area contributed by atoms with Crippen LogP contribution in [0.15, 0.2) is 53.3 Å². The number of aromatic amines is 1. The normalized spacial score (nSPS) is 11.2. The fraction of sp³-hybridized carbons (Fsp3) is 0. The lowest BCUT2D eigenvalue weighted by molar-refractivity contribution is 0.931. The monoisotopic (exact) mass is 311 g/mol. The SMILES string of the molecule is O=c1c2ccccc2[nH]c(=S)n1-c1nc2ccccc2s1. The van der Waals surface area contributed by atoms with E-state index in [2.05, 4.69) is 9.97 Å². The molecule has 4 nitrogen and oxygen atoms in total. The summed E-state index contributed by atoms with van der Waals surface area (Å²) in [5.41, 5.74) is 1.46. The van der Waals surface area contributed by atoms with Crippen molar-refractivity contribution in [2.75, 3.05) is 0 Å². The van der Waals surface area contributed by atoms with E-state index in [1.54, 1.807) is 6.07 Å². The molecule has 4 aromatic rings. The molecular formula is C15H9N3OS2. The van der Waals surface area contributed by atoms with Gasteiger partial charge in [-0.05, 0) is 36.5 Å². The Morgan fingerprint density at radius 3 is 2.71 bits per heavy atom. The second-order valence-electron chi connectivity index (χ2n) is 4.58. The zero-order valence-electron chi connectivity index (χ0n) is 10.7. The van der Waals surface area contributed by atoms with Crippen LogP contribution in [0, 0.1) is 4.77 Å². The van der Waals surface area contributed by atoms with E-state index in [1.807, 2.05) is 42.5 Å². The van der Waals surface area contributed by atoms with E-state index in [-0.39, 0.29) is 5.56 Å². The average molecular weight is 311 g/mol. The third kappa shape index (κ3) is 1.91. The minimum Gasteiger partial charge on any atom is -0.331 e. The largest absolute Gasteiger partial charge is 0.331 e. The number of hydrogen-bond donors (Lipinski definition) is 1. The summed E-state index contributed by atoms with van der Waals surface area (Å²) in [5, 5.41) is 1.19. The molecule has 2 aromatic carbocycles. The smallest absolute Gasteiger partial charge is 0.268 e. The van der Waals surface area contributed by atoms with Crippen LogP contribution >= 0.6 is 23.6 Å². The maximum Gasteiger partial charge on any atom is 0.268 e. The van der Waals surface area contributed by atoms with E-state index < -0.39 is 0 Å². The first-order valence-electron chi connectivity index (χ1n) is 6.34. The molecule has 21 heavy (non-hydrogen) atoms. The number of H-pyrrole nitrogens is 1. The van der Waals surface area contributed by atoms with Crippen LogP contribution in [0.4, 0.5) is 0 Å². The van der Waals surface area contributed by atoms with Crippen molar-refractivity contribution < 1.29 is 0 Å². The van der Waals surface area contributed by atoms with Crippen LogP contribution in [0.5, 0.6) is 0 Å². The van der Waals surface area contributed by atoms with Crippen LogP contribution < -0.4 is 5.56 Å². The number of hydrogen-bond acceptors (Lipinski definition) is 4. The Labute approximate surface area is 128 Å². The maximum atomic E-state index is 12.7. The second-order valence-corrected chi connectivity index (χ2v) is 5.98. The minimum absolute atomic E-state index is 0.145. The van der Waals surface area contributed by atoms with E-state index >= 15 is 0 Å². The van der Waals surface area contributed by atoms with Gasteiger partial charge in [0.15, 0.2) is 9.90 Å². The molecule has 0 spiro atoms. The third-order valence-corrected chi connectivity index (χ3v) is 4.59. The molecule has 0 fully saturated rings. The molecule has 0 radical (unpaired) electrons. The van der Waals surface area contributed by atoms with Crippen LogP contribution in [0.2, 0.25) is 0 Å². The number of thiazole rings is 1. The van der Waals surface area contributed by atoms with E-state index in [1.165, 1.54) is 15.9 Å². The van der Waals surface area contributed by atoms with E-state index in [0.29, 0.717) is 15.3 Å². The molecule has 0 aliphatic carbocycles. The Kier molecular flexibility index (Phi) is 2.73. The highest BCUT2D eigenvalue weighted by atomic mass is 32.1. The summed E-state index contributed by atoms with van der Waals surface area (Å²) < 4.78 is 2.85. The molecule has 0 aliphatic heterocycles. The summed E-state index contributed by atoms with van der Waals surface area (Å²) in [5.74, 6) is 0. The summed E-state index contributed by atoms with van der Waals surface area (Å²) in [6, 6.07) is 15.1. The molecule has 0 aliphatic rings. The summed E-state index contributed by atoms with van der Waals surface area (Å²) in [7, 11) is 0. The van der Waals surface area contributed by atoms with Crippen LogP contribution in [0.3, 0.4) is 0 Å². The number of nitrogens with zero attached hydrogens (tertiary/aromatic N) is 2. The fourth-order valence-electron chi connectivity index (χ4n) is 2.29. The molecule has 0 saturated heterocycles. The molecule has 2 aromatic heterocycles. The zero-order chi connectivity index (χ0) is 14.4. The van der Waals surface area contributed by atoms with Crippen LogP contribution in [0.1, 0.15) is 0 Å². The van der Waals surface area contributed by atoms with Crippen LogP contribution in [0.25, 0.3) is 26.3 Å². The molecule has 0 amide bonds. The predicted octanol–water partition coefficient (Wildman–Crippen LogP) is 3.66. The second kappa shape index (κ2) is 4.61. The van der Waals surface area contributed by atoms with Gasteiger partial charge in [0, 0.05) is 0 Å². The Morgan fingerprint density at radius 1 is 1.10 bits per heavy atom. The molecular weight excluding hydrogens is 302 g/mol. The molecule has 0 bridgehead atoms. The number of rotatable bonds is 1. The van der Waals surface area contributed by atoms with Crippen molar-refractivity contribution in [3.63, 3.8) is 0 Å². The molecule has 0 unspecified atom stereocenters. The van der Waals surface area contributed by atoms with Crippen molar-refractivity contribution in [2.45, 2.75) is 0 Å². The van der Waals surface area contributed by atoms with Gasteiger partial charge in [-0.1, -0.05) is 35.6 Å². The summed E-state index contributed by atoms with van der Waals surface area (Å²) in [4.78, 5) is 20.3. The van der Waals surface area contributed by atoms with Gasteiger partial charge in [0.05, 0.1) is 21.1 Å². The van der Waals surface area contributed by atoms with Gasteiger partial charge < -0.3 is 4.98 Å². The van der Waals surface area contributed by atoms with E-state index in [9.17, 15) is 4.79 Å². The Bertz CT molecular complexity index is 1060. The first kappa shape index (κ1) is 12.4. The maximum absolute atomic E-state index is 12.7. The quantitative estimate of drug-likeness (QED) is 0.546. The number of fused-ring (bicyclic) bond motifs is 2. The Hall–Kier alpha value is -2.31. The van der Waals surface area contributed by atoms with Gasteiger partial charge in [-0.3, -0.25) is 4.79 Å². The highest BCUT2D eigenvalue weighted by Gasteiger charge is 2.11. The van der Waals surface area contributed by atoms with Crippen molar-refractivity contribution in [3.8, 4) is 5.13 Å². The topological polar surface area (TPSA) is 50.7 Å². The molecule has 0 atom stereocenters. The van der Waals surface area contributed by atoms with Gasteiger partial charge in [0.2, 0.25) is 0 Å². The highest BCUT2D eigenvalue weighted by Crippen LogP contribution is 2.24. The van der Waals surface area contributed by atoms with E-state index in [4.69, 9.17) is 12.2 Å². The molecule has 102 valence electrons. The van der Waals surface area contributed by atoms with Crippen molar-refractivity contribution in [2.24, 2.45) is 0 Å². The van der Waals surface area contributed by atoms with E-state index in [0.717, 1.165) is 15.7 Å². The lowest BCUT2D eigenvalue weighted by Gasteiger charge is -2.04. The predicted molar refractivity (Wildman–Crippen MR) is 87.9 cm³/mol. The molecule has 6 heteroatoms. The van der Waals surface area contributed by atoms with Crippen molar-refractivity contribution in [3.05, 3.63) is 63.7 Å². The van der Waals surface area contributed by atoms with Gasteiger partial charge >= 0.3 is 0 Å². The van der Waals surface area contributed by atoms with Gasteiger partial charge in [-0.25, -0.2) is 9.55 Å². The van der Waals surface area contributed by atoms with Crippen LogP contribution in [-0.2, 0) is 0 Å². The average Bonchev–Trinajstić information content (AvgIpc) is 2.90. The zero-order valence-corrected chi connectivity index (χ0v) is 12.4. The van der Waals surface area contributed by atoms with Gasteiger partial charge in [0.1, 0.15) is 0 Å². The Balaban J connectivity index is 2.10. The minimum atomic E-state index is -0.145. The van der Waals surface area contributed by atoms with Gasteiger partial charge in [-0.2, -0.15) is 0 Å². The molecule has 0 saturated carbocycles. The molecule has 1 N–H and O–H groups in total. The first-order valence-corrected chi connectivity index (χ1v) is 7.56. The van der Waals surface area contributed by atoms with Gasteiger partial charge in [-0.15, -0.1) is 0 Å². The summed E-state index contributed by atoms with van der Waals surface area (Å²) in [6.07, 6.45) is 0. The highest BCUT2D eigenvalue weighted by molar-refractivity contribution is 7.71. The van der Waals surface area contributed by atoms with Gasteiger partial charge in [0.25, 0.3) is 5.56 Å². The van der Waals surface area contributed by atoms with Crippen molar-refractivity contribution in [1.29, 1.82) is 0 Å². The van der Waals surface area contributed by atoms with Crippen molar-refractivity contribution >= 4 is 44.7 Å². The number of nitrogens with one attached hydrogen (secondary N) is 1. The third-order valence-electron chi connectivity index (χ3n) is 3.28. The summed E-state index contributed by atoms with van der Waals surface area (Å²) >= 11 is 6.78. The van der Waals surface area contributed by atoms with Crippen LogP contribution in [-0.4, -0.2) is 14.5 Å². The first-order chi connectivity index (χ1) is 10.2. The fourth-order valence-corrected chi connectivity index (χ4v) is 3.60. The molecule has 4 rings (SSSR count). The van der Waals surface area contributed by atoms with Crippen molar-refractivity contribution in [1.82, 2.24) is 14.5 Å². The number of para-hydroxylation sites is 2. The number of benzene rings is 2. The number of aromatic nitrogens is 3. The standard InChI is InChI=1S/C15H9N3OS2/c19-13-9-5-1-2-6-10(9)16-14(20)18(13)15-17-11-7-3-4-8-12(11)21-15/h1-8H,(H,16,20). The lowest BCUT2D eigenvalue weighted by Crippen LogP contribution is -2.20. The molecule has 2 heterocycles. The Morgan fingerprint density at radius 2 is 1.86 bits per heavy atom. The summed E-state index contributed by atoms with van der Waals surface area (Å²) in [6.45, 7) is 0.